The molecule has 4 aromatic rings. The topological polar surface area (TPSA) is 114 Å². The molecule has 0 amide bonds. The molecule has 0 aliphatic rings. The number of para-hydroxylation sites is 2. The van der Waals surface area contributed by atoms with Crippen LogP contribution in [0.5, 0.6) is 0 Å². The van der Waals surface area contributed by atoms with Crippen LogP contribution in [0.4, 0.5) is 11.4 Å². The highest BCUT2D eigenvalue weighted by Gasteiger charge is 2.23. The molecule has 0 spiro atoms. The van der Waals surface area contributed by atoms with E-state index in [2.05, 4.69) is 9.44 Å². The highest BCUT2D eigenvalue weighted by molar-refractivity contribution is 7.95. The Balaban J connectivity index is 1.68. The molecule has 168 valence electrons. The van der Waals surface area contributed by atoms with Crippen LogP contribution in [-0.2, 0) is 27.1 Å². The summed E-state index contributed by atoms with van der Waals surface area (Å²) in [5.74, 6) is 0. The van der Waals surface area contributed by atoms with Gasteiger partial charge in [0.15, 0.2) is 0 Å². The number of aromatic nitrogens is 1. The lowest BCUT2D eigenvalue weighted by Crippen LogP contribution is -2.17. The normalized spacial score (nSPS) is 12.2. The van der Waals surface area contributed by atoms with Gasteiger partial charge in [-0.05, 0) is 47.9 Å². The van der Waals surface area contributed by atoms with Gasteiger partial charge < -0.3 is 0 Å². The molecular formula is C18H13Cl2N3O5S4. The van der Waals surface area contributed by atoms with Gasteiger partial charge >= 0.3 is 0 Å². The predicted molar refractivity (Wildman–Crippen MR) is 129 cm³/mol. The summed E-state index contributed by atoms with van der Waals surface area (Å²) in [5.41, 5.74) is 0.618. The van der Waals surface area contributed by atoms with Crippen molar-refractivity contribution in [1.29, 1.82) is 0 Å². The van der Waals surface area contributed by atoms with Gasteiger partial charge in [-0.1, -0.05) is 35.3 Å². The van der Waals surface area contributed by atoms with E-state index in [9.17, 15) is 21.6 Å². The zero-order valence-corrected chi connectivity index (χ0v) is 20.8. The number of halogens is 2. The Kier molecular flexibility index (Phi) is 6.03. The van der Waals surface area contributed by atoms with Gasteiger partial charge in [-0.25, -0.2) is 16.8 Å². The van der Waals surface area contributed by atoms with E-state index in [4.69, 9.17) is 23.2 Å². The second kappa shape index (κ2) is 8.36. The van der Waals surface area contributed by atoms with E-state index in [1.54, 1.807) is 29.2 Å². The van der Waals surface area contributed by atoms with E-state index in [-0.39, 0.29) is 40.0 Å². The van der Waals surface area contributed by atoms with Crippen LogP contribution in [0.1, 0.15) is 0 Å². The zero-order valence-electron chi connectivity index (χ0n) is 16.0. The molecule has 8 nitrogen and oxygen atoms in total. The van der Waals surface area contributed by atoms with E-state index < -0.39 is 20.0 Å². The Labute approximate surface area is 201 Å². The largest absolute Gasteiger partial charge is 0.297 e. The van der Waals surface area contributed by atoms with E-state index in [0.29, 0.717) is 5.52 Å². The molecule has 14 heteroatoms. The lowest BCUT2D eigenvalue weighted by Gasteiger charge is -2.14. The summed E-state index contributed by atoms with van der Waals surface area (Å²) in [7, 11) is -6.49. The molecule has 0 fully saturated rings. The second-order valence-electron chi connectivity index (χ2n) is 6.50. The van der Waals surface area contributed by atoms with Crippen LogP contribution in [-0.4, -0.2) is 20.8 Å². The van der Waals surface area contributed by atoms with Crippen molar-refractivity contribution in [2.45, 2.75) is 9.10 Å². The van der Waals surface area contributed by atoms with Crippen molar-refractivity contribution in [3.8, 4) is 0 Å². The zero-order chi connectivity index (χ0) is 23.3. The van der Waals surface area contributed by atoms with Crippen LogP contribution in [0.3, 0.4) is 0 Å². The Morgan fingerprint density at radius 3 is 2.12 bits per heavy atom. The summed E-state index contributed by atoms with van der Waals surface area (Å²) in [6.45, 7) is 0. The molecule has 0 aliphatic heterocycles. The van der Waals surface area contributed by atoms with Crippen LogP contribution < -0.4 is 14.2 Å². The lowest BCUT2D eigenvalue weighted by atomic mass is 10.2. The fraction of sp³-hybridized carbons (Fsp3) is 0.0556. The van der Waals surface area contributed by atoms with Crippen LogP contribution in [0.15, 0.2) is 62.4 Å². The maximum absolute atomic E-state index is 13.0. The average molecular weight is 550 g/mol. The number of hydrogen-bond donors (Lipinski definition) is 2. The first-order valence-corrected chi connectivity index (χ1v) is 14.0. The third kappa shape index (κ3) is 4.38. The standard InChI is InChI=1S/C18H13Cl2N3O5S4/c1-23-15-7-6-10(8-11(15)18(24)30-23)31(25,26)21-13-4-2-3-5-14(13)22-32(27,28)16-9-12(19)17(20)29-16/h2-9,21-22H,1H3. The predicted octanol–water partition coefficient (Wildman–Crippen LogP) is 4.57. The minimum atomic E-state index is -4.13. The maximum Gasteiger partial charge on any atom is 0.271 e. The molecule has 32 heavy (non-hydrogen) atoms. The Morgan fingerprint density at radius 1 is 0.906 bits per heavy atom. The molecule has 0 unspecified atom stereocenters. The van der Waals surface area contributed by atoms with Crippen molar-refractivity contribution in [1.82, 2.24) is 3.96 Å². The molecular weight excluding hydrogens is 537 g/mol. The number of anilines is 2. The quantitative estimate of drug-likeness (QED) is 0.365. The molecule has 2 heterocycles. The summed E-state index contributed by atoms with van der Waals surface area (Å²) >= 11 is 13.4. The average Bonchev–Trinajstić information content (AvgIpc) is 3.22. The fourth-order valence-corrected chi connectivity index (χ4v) is 7.70. The van der Waals surface area contributed by atoms with Crippen molar-refractivity contribution < 1.29 is 16.8 Å². The first-order valence-electron chi connectivity index (χ1n) is 8.67. The molecule has 0 radical (unpaired) electrons. The molecule has 4 rings (SSSR count). The first kappa shape index (κ1) is 23.1. The summed E-state index contributed by atoms with van der Waals surface area (Å²) in [6, 6.07) is 11.3. The number of benzene rings is 2. The number of aryl methyl sites for hydroxylation is 1. The lowest BCUT2D eigenvalue weighted by molar-refractivity contribution is 0.599. The van der Waals surface area contributed by atoms with Crippen molar-refractivity contribution in [3.05, 3.63) is 67.4 Å². The monoisotopic (exact) mass is 549 g/mol. The van der Waals surface area contributed by atoms with E-state index in [1.807, 2.05) is 0 Å². The van der Waals surface area contributed by atoms with Gasteiger partial charge in [0, 0.05) is 7.05 Å². The van der Waals surface area contributed by atoms with Crippen molar-refractivity contribution in [3.63, 3.8) is 0 Å². The van der Waals surface area contributed by atoms with Crippen molar-refractivity contribution >= 4 is 88.4 Å². The molecule has 2 aromatic heterocycles. The van der Waals surface area contributed by atoms with Gasteiger partial charge in [-0.3, -0.25) is 18.2 Å². The molecule has 2 N–H and O–H groups in total. The van der Waals surface area contributed by atoms with Crippen LogP contribution in [0.25, 0.3) is 10.9 Å². The van der Waals surface area contributed by atoms with E-state index in [1.165, 1.54) is 30.3 Å². The smallest absolute Gasteiger partial charge is 0.271 e. The molecule has 2 aromatic carbocycles. The molecule has 0 aliphatic carbocycles. The van der Waals surface area contributed by atoms with Crippen LogP contribution >= 0.6 is 46.1 Å². The van der Waals surface area contributed by atoms with Gasteiger partial charge in [0.05, 0.1) is 32.2 Å². The van der Waals surface area contributed by atoms with Gasteiger partial charge in [0.2, 0.25) is 0 Å². The van der Waals surface area contributed by atoms with E-state index >= 15 is 0 Å². The summed E-state index contributed by atoms with van der Waals surface area (Å²) in [5, 5.41) is 0.377. The summed E-state index contributed by atoms with van der Waals surface area (Å²) < 4.78 is 57.5. The third-order valence-electron chi connectivity index (χ3n) is 4.36. The van der Waals surface area contributed by atoms with Crippen molar-refractivity contribution in [2.24, 2.45) is 7.05 Å². The highest BCUT2D eigenvalue weighted by Crippen LogP contribution is 2.36. The van der Waals surface area contributed by atoms with Gasteiger partial charge in [0.1, 0.15) is 8.55 Å². The molecule has 0 saturated carbocycles. The first-order chi connectivity index (χ1) is 15.0. The van der Waals surface area contributed by atoms with Gasteiger partial charge in [-0.2, -0.15) is 0 Å². The van der Waals surface area contributed by atoms with Gasteiger partial charge in [-0.15, -0.1) is 11.3 Å². The Morgan fingerprint density at radius 2 is 1.53 bits per heavy atom. The molecule has 0 bridgehead atoms. The highest BCUT2D eigenvalue weighted by atomic mass is 35.5. The number of hydrogen-bond acceptors (Lipinski definition) is 7. The SMILES string of the molecule is Cn1sc(=O)c2cc(S(=O)(=O)Nc3ccccc3NS(=O)(=O)c3cc(Cl)c(Cl)s3)ccc21. The number of thiophene rings is 1. The Bertz CT molecular complexity index is 1600. The molecule has 0 atom stereocenters. The van der Waals surface area contributed by atoms with Crippen LogP contribution in [0, 0.1) is 0 Å². The maximum atomic E-state index is 13.0. The van der Waals surface area contributed by atoms with Crippen LogP contribution in [0.2, 0.25) is 9.36 Å². The number of nitrogens with zero attached hydrogens (tertiary/aromatic N) is 1. The second-order valence-corrected chi connectivity index (χ2v) is 13.3. The minimum Gasteiger partial charge on any atom is -0.297 e. The summed E-state index contributed by atoms with van der Waals surface area (Å²) in [4.78, 5) is 12.0. The van der Waals surface area contributed by atoms with Crippen molar-refractivity contribution in [2.75, 3.05) is 9.44 Å². The number of nitrogens with one attached hydrogen (secondary N) is 2. The third-order valence-corrected chi connectivity index (χ3v) is 10.3. The van der Waals surface area contributed by atoms with Gasteiger partial charge in [0.25, 0.3) is 24.8 Å². The fourth-order valence-electron chi connectivity index (χ4n) is 2.86. The molecule has 0 saturated heterocycles. The minimum absolute atomic E-state index is 0.00291. The number of rotatable bonds is 6. The summed E-state index contributed by atoms with van der Waals surface area (Å²) in [6.07, 6.45) is 0. The van der Waals surface area contributed by atoms with E-state index in [0.717, 1.165) is 22.9 Å². The number of sulfonamides is 2. The Hall–Kier alpha value is -2.09. The number of fused-ring (bicyclic) bond motifs is 1.